The summed E-state index contributed by atoms with van der Waals surface area (Å²) in [7, 11) is 0. The molecule has 1 aromatic rings. The molecule has 0 saturated carbocycles. The second-order valence-electron chi connectivity index (χ2n) is 2.09. The van der Waals surface area contributed by atoms with Gasteiger partial charge in [0, 0.05) is 0 Å². The topological polar surface area (TPSA) is 23.1 Å². The Morgan fingerprint density at radius 2 is 1.82 bits per heavy atom. The van der Waals surface area contributed by atoms with Crippen molar-refractivity contribution in [2.75, 3.05) is 0 Å². The van der Waals surface area contributed by atoms with Crippen LogP contribution in [0.1, 0.15) is 11.1 Å². The van der Waals surface area contributed by atoms with Crippen LogP contribution in [0.15, 0.2) is 30.8 Å². The van der Waals surface area contributed by atoms with Gasteiger partial charge >= 0.3 is 18.9 Å². The van der Waals surface area contributed by atoms with Crippen molar-refractivity contribution in [2.24, 2.45) is 0 Å². The van der Waals surface area contributed by atoms with Gasteiger partial charge in [-0.15, -0.1) is 6.61 Å². The molecule has 0 aliphatic carbocycles. The SMILES string of the molecule is C=Cc1ccc(C[O-])cc1.[Li+]. The van der Waals surface area contributed by atoms with Gasteiger partial charge in [-0.1, -0.05) is 42.5 Å². The molecule has 0 bridgehead atoms. The summed E-state index contributed by atoms with van der Waals surface area (Å²) in [5, 5.41) is 10.3. The molecule has 0 aliphatic heterocycles. The van der Waals surface area contributed by atoms with Crippen molar-refractivity contribution in [3.63, 3.8) is 0 Å². The van der Waals surface area contributed by atoms with E-state index in [0.29, 0.717) is 0 Å². The number of rotatable bonds is 2. The molecule has 1 nitrogen and oxygen atoms in total. The first-order valence-electron chi connectivity index (χ1n) is 3.16. The van der Waals surface area contributed by atoms with Gasteiger partial charge in [-0.3, -0.25) is 0 Å². The molecule has 1 aromatic carbocycles. The smallest absolute Gasteiger partial charge is 0.851 e. The van der Waals surface area contributed by atoms with Gasteiger partial charge < -0.3 is 5.11 Å². The summed E-state index contributed by atoms with van der Waals surface area (Å²) in [5.74, 6) is 0. The van der Waals surface area contributed by atoms with Gasteiger partial charge in [-0.05, 0) is 5.56 Å². The number of hydrogen-bond donors (Lipinski definition) is 0. The Morgan fingerprint density at radius 3 is 2.18 bits per heavy atom. The van der Waals surface area contributed by atoms with E-state index in [1.54, 1.807) is 6.08 Å². The Morgan fingerprint density at radius 1 is 1.27 bits per heavy atom. The molecule has 0 atom stereocenters. The predicted molar refractivity (Wildman–Crippen MR) is 40.2 cm³/mol. The largest absolute Gasteiger partial charge is 1.00 e. The fourth-order valence-corrected chi connectivity index (χ4v) is 0.750. The zero-order chi connectivity index (χ0) is 7.40. The first-order chi connectivity index (χ1) is 4.86. The Labute approximate surface area is 78.9 Å². The van der Waals surface area contributed by atoms with Crippen LogP contribution in [0.2, 0.25) is 0 Å². The van der Waals surface area contributed by atoms with E-state index in [1.165, 1.54) is 0 Å². The van der Waals surface area contributed by atoms with Crippen LogP contribution >= 0.6 is 0 Å². The van der Waals surface area contributed by atoms with Crippen LogP contribution in [-0.4, -0.2) is 0 Å². The van der Waals surface area contributed by atoms with Gasteiger partial charge in [-0.25, -0.2) is 0 Å². The van der Waals surface area contributed by atoms with Crippen molar-refractivity contribution in [2.45, 2.75) is 6.61 Å². The summed E-state index contributed by atoms with van der Waals surface area (Å²) in [6.07, 6.45) is 1.76. The minimum absolute atomic E-state index is 0. The summed E-state index contributed by atoms with van der Waals surface area (Å²) < 4.78 is 0. The minimum Gasteiger partial charge on any atom is -0.851 e. The zero-order valence-corrected chi connectivity index (χ0v) is 6.71. The van der Waals surface area contributed by atoms with Crippen molar-refractivity contribution >= 4 is 6.08 Å². The summed E-state index contributed by atoms with van der Waals surface area (Å²) in [6, 6.07) is 7.43. The monoisotopic (exact) mass is 140 g/mol. The van der Waals surface area contributed by atoms with Crippen molar-refractivity contribution < 1.29 is 24.0 Å². The van der Waals surface area contributed by atoms with E-state index >= 15 is 0 Å². The van der Waals surface area contributed by atoms with Gasteiger partial charge in [-0.2, -0.15) is 0 Å². The van der Waals surface area contributed by atoms with E-state index in [2.05, 4.69) is 6.58 Å². The molecule has 11 heavy (non-hydrogen) atoms. The molecule has 0 aromatic heterocycles. The summed E-state index contributed by atoms with van der Waals surface area (Å²) in [4.78, 5) is 0. The summed E-state index contributed by atoms with van der Waals surface area (Å²) in [5.41, 5.74) is 1.88. The molecule has 0 spiro atoms. The molecule has 0 fully saturated rings. The van der Waals surface area contributed by atoms with Crippen LogP contribution < -0.4 is 24.0 Å². The van der Waals surface area contributed by atoms with Crippen molar-refractivity contribution in [1.29, 1.82) is 0 Å². The molecule has 1 rings (SSSR count). The molecule has 2 heteroatoms. The number of hydrogen-bond acceptors (Lipinski definition) is 1. The van der Waals surface area contributed by atoms with Crippen LogP contribution in [0.5, 0.6) is 0 Å². The Kier molecular flexibility index (Phi) is 4.98. The number of benzene rings is 1. The maximum absolute atomic E-state index is 10.3. The van der Waals surface area contributed by atoms with E-state index in [1.807, 2.05) is 24.3 Å². The van der Waals surface area contributed by atoms with Gasteiger partial charge in [0.05, 0.1) is 0 Å². The van der Waals surface area contributed by atoms with Crippen molar-refractivity contribution in [3.8, 4) is 0 Å². The Hall–Kier alpha value is -0.483. The van der Waals surface area contributed by atoms with Crippen molar-refractivity contribution in [3.05, 3.63) is 42.0 Å². The molecular formula is C9H9LiO. The fourth-order valence-electron chi connectivity index (χ4n) is 0.750. The first-order valence-corrected chi connectivity index (χ1v) is 3.16. The summed E-state index contributed by atoms with van der Waals surface area (Å²) >= 11 is 0. The molecule has 52 valence electrons. The standard InChI is InChI=1S/C9H9O.Li/c1-2-8-3-5-9(7-10)6-4-8;/h2-6H,1,7H2;/q-1;+1. The average Bonchev–Trinajstić information content (AvgIpc) is 2.05. The average molecular weight is 140 g/mol. The maximum atomic E-state index is 10.3. The Balaban J connectivity index is 0.000001000. The second-order valence-corrected chi connectivity index (χ2v) is 2.09. The molecule has 0 saturated heterocycles. The molecule has 0 aliphatic rings. The van der Waals surface area contributed by atoms with Crippen LogP contribution in [0, 0.1) is 0 Å². The third-order valence-electron chi connectivity index (χ3n) is 1.38. The first kappa shape index (κ1) is 10.5. The molecule has 0 N–H and O–H groups in total. The fraction of sp³-hybridized carbons (Fsp3) is 0.111. The van der Waals surface area contributed by atoms with E-state index in [-0.39, 0.29) is 25.5 Å². The maximum Gasteiger partial charge on any atom is 1.00 e. The van der Waals surface area contributed by atoms with Gasteiger partial charge in [0.25, 0.3) is 0 Å². The molecule has 0 amide bonds. The van der Waals surface area contributed by atoms with Gasteiger partial charge in [0.1, 0.15) is 0 Å². The third-order valence-corrected chi connectivity index (χ3v) is 1.38. The van der Waals surface area contributed by atoms with Crippen LogP contribution in [0.3, 0.4) is 0 Å². The minimum atomic E-state index is -0.141. The van der Waals surface area contributed by atoms with Crippen LogP contribution in [-0.2, 0) is 6.61 Å². The quantitative estimate of drug-likeness (QED) is 0.444. The second kappa shape index (κ2) is 5.21. The summed E-state index contributed by atoms with van der Waals surface area (Å²) in [6.45, 7) is 3.47. The van der Waals surface area contributed by atoms with Crippen LogP contribution in [0.25, 0.3) is 6.08 Å². The third kappa shape index (κ3) is 2.94. The van der Waals surface area contributed by atoms with E-state index in [0.717, 1.165) is 11.1 Å². The predicted octanol–water partition coefficient (Wildman–Crippen LogP) is -1.81. The zero-order valence-electron chi connectivity index (χ0n) is 6.71. The Bertz CT molecular complexity index is 216. The molecule has 0 unspecified atom stereocenters. The van der Waals surface area contributed by atoms with E-state index in [4.69, 9.17) is 0 Å². The van der Waals surface area contributed by atoms with Crippen LogP contribution in [0.4, 0.5) is 0 Å². The van der Waals surface area contributed by atoms with Crippen molar-refractivity contribution in [1.82, 2.24) is 0 Å². The van der Waals surface area contributed by atoms with E-state index in [9.17, 15) is 5.11 Å². The van der Waals surface area contributed by atoms with E-state index < -0.39 is 0 Å². The molecular weight excluding hydrogens is 131 g/mol. The normalized spacial score (nSPS) is 8.45. The molecule has 0 heterocycles. The molecule has 0 radical (unpaired) electrons. The van der Waals surface area contributed by atoms with Gasteiger partial charge in [0.2, 0.25) is 0 Å². The van der Waals surface area contributed by atoms with Gasteiger partial charge in [0.15, 0.2) is 0 Å².